The highest BCUT2D eigenvalue weighted by Crippen LogP contribution is 2.67. The topological polar surface area (TPSA) is 35.5 Å². The molecule has 0 amide bonds. The van der Waals surface area contributed by atoms with Crippen LogP contribution in [0.3, 0.4) is 0 Å². The monoisotopic (exact) mass is 468 g/mol. The first-order valence-corrected chi connectivity index (χ1v) is 13.8. The highest BCUT2D eigenvalue weighted by Gasteiger charge is 2.59. The van der Waals surface area contributed by atoms with Crippen molar-refractivity contribution in [3.63, 3.8) is 0 Å². The van der Waals surface area contributed by atoms with Crippen LogP contribution in [0.4, 0.5) is 0 Å². The van der Waals surface area contributed by atoms with Crippen LogP contribution in [0.5, 0.6) is 0 Å². The van der Waals surface area contributed by atoms with Gasteiger partial charge < -0.3 is 8.92 Å². The normalized spacial score (nSPS) is 40.7. The molecule has 0 spiro atoms. The van der Waals surface area contributed by atoms with Crippen molar-refractivity contribution in [3.8, 4) is 0 Å². The number of carbonyl (C=O) groups excluding carboxylic acids is 1. The van der Waals surface area contributed by atoms with Gasteiger partial charge >= 0.3 is 5.97 Å². The van der Waals surface area contributed by atoms with Gasteiger partial charge in [-0.05, 0) is 98.5 Å². The molecule has 0 radical (unpaired) electrons. The maximum atomic E-state index is 11.5. The SMILES string of the molecule is CC(=O)OC1CC[C@@]2(C)C(=CC[C@H]3[C@@H]4CC[C@H]([C@@H](C)OSc5ccccc5)[C@@]4(C)CC[C@@H]32)C1. The number of hydrogen-bond acceptors (Lipinski definition) is 4. The van der Waals surface area contributed by atoms with E-state index in [0.717, 1.165) is 37.0 Å². The van der Waals surface area contributed by atoms with Gasteiger partial charge in [-0.1, -0.05) is 43.7 Å². The Bertz CT molecular complexity index is 897. The van der Waals surface area contributed by atoms with Gasteiger partial charge in [0.05, 0.1) is 6.10 Å². The van der Waals surface area contributed by atoms with Crippen molar-refractivity contribution in [2.45, 2.75) is 96.2 Å². The van der Waals surface area contributed by atoms with Crippen LogP contribution in [0.1, 0.15) is 79.1 Å². The molecule has 4 aliphatic carbocycles. The summed E-state index contributed by atoms with van der Waals surface area (Å²) in [4.78, 5) is 12.7. The van der Waals surface area contributed by atoms with Crippen LogP contribution in [-0.2, 0) is 13.7 Å². The van der Waals surface area contributed by atoms with Gasteiger partial charge in [-0.25, -0.2) is 0 Å². The third-order valence-electron chi connectivity index (χ3n) is 10.1. The Balaban J connectivity index is 1.29. The molecule has 0 N–H and O–H groups in total. The third kappa shape index (κ3) is 4.20. The number of carbonyl (C=O) groups is 1. The van der Waals surface area contributed by atoms with Crippen LogP contribution >= 0.6 is 12.0 Å². The van der Waals surface area contributed by atoms with E-state index in [-0.39, 0.29) is 18.2 Å². The van der Waals surface area contributed by atoms with E-state index in [1.165, 1.54) is 37.0 Å². The molecule has 1 unspecified atom stereocenters. The summed E-state index contributed by atoms with van der Waals surface area (Å²) in [5, 5.41) is 0. The molecule has 180 valence electrons. The molecule has 0 bridgehead atoms. The van der Waals surface area contributed by atoms with Gasteiger partial charge in [-0.3, -0.25) is 4.79 Å². The fourth-order valence-corrected chi connectivity index (χ4v) is 9.11. The molecule has 3 fully saturated rings. The first kappa shape index (κ1) is 23.5. The lowest BCUT2D eigenvalue weighted by Gasteiger charge is -2.58. The second-order valence-corrected chi connectivity index (χ2v) is 12.5. The van der Waals surface area contributed by atoms with Crippen molar-refractivity contribution in [2.24, 2.45) is 34.5 Å². The second-order valence-electron chi connectivity index (χ2n) is 11.7. The van der Waals surface area contributed by atoms with E-state index >= 15 is 0 Å². The Hall–Kier alpha value is -1.26. The van der Waals surface area contributed by atoms with E-state index in [4.69, 9.17) is 8.92 Å². The van der Waals surface area contributed by atoms with Gasteiger partial charge in [-0.15, -0.1) is 0 Å². The largest absolute Gasteiger partial charge is 0.462 e. The quantitative estimate of drug-likeness (QED) is 0.253. The van der Waals surface area contributed by atoms with E-state index in [9.17, 15) is 4.79 Å². The van der Waals surface area contributed by atoms with Crippen molar-refractivity contribution in [1.82, 2.24) is 0 Å². The van der Waals surface area contributed by atoms with Crippen LogP contribution in [0.25, 0.3) is 0 Å². The molecule has 4 heteroatoms. The van der Waals surface area contributed by atoms with Crippen molar-refractivity contribution in [1.29, 1.82) is 0 Å². The van der Waals surface area contributed by atoms with Crippen molar-refractivity contribution >= 4 is 18.0 Å². The number of allylic oxidation sites excluding steroid dienone is 1. The van der Waals surface area contributed by atoms with Gasteiger partial charge in [-0.2, -0.15) is 0 Å². The van der Waals surface area contributed by atoms with E-state index in [1.807, 2.05) is 0 Å². The lowest BCUT2D eigenvalue weighted by atomic mass is 9.47. The Labute approximate surface area is 204 Å². The third-order valence-corrected chi connectivity index (χ3v) is 10.9. The van der Waals surface area contributed by atoms with E-state index in [0.29, 0.717) is 16.7 Å². The van der Waals surface area contributed by atoms with Crippen LogP contribution in [0.15, 0.2) is 46.9 Å². The smallest absolute Gasteiger partial charge is 0.302 e. The summed E-state index contributed by atoms with van der Waals surface area (Å²) in [5.74, 6) is 2.88. The highest BCUT2D eigenvalue weighted by molar-refractivity contribution is 7.94. The average Bonchev–Trinajstić information content (AvgIpc) is 3.15. The van der Waals surface area contributed by atoms with Gasteiger partial charge in [0.15, 0.2) is 0 Å². The molecule has 0 saturated heterocycles. The van der Waals surface area contributed by atoms with Gasteiger partial charge in [0.25, 0.3) is 0 Å². The Morgan fingerprint density at radius 2 is 1.85 bits per heavy atom. The minimum atomic E-state index is -0.134. The van der Waals surface area contributed by atoms with Crippen LogP contribution in [0.2, 0.25) is 0 Å². The van der Waals surface area contributed by atoms with Crippen LogP contribution in [0, 0.1) is 34.5 Å². The van der Waals surface area contributed by atoms with E-state index < -0.39 is 0 Å². The molecule has 0 aromatic heterocycles. The predicted molar refractivity (Wildman–Crippen MR) is 134 cm³/mol. The number of rotatable bonds is 5. The summed E-state index contributed by atoms with van der Waals surface area (Å²) in [6, 6.07) is 10.5. The summed E-state index contributed by atoms with van der Waals surface area (Å²) in [5.41, 5.74) is 2.26. The summed E-state index contributed by atoms with van der Waals surface area (Å²) >= 11 is 1.55. The summed E-state index contributed by atoms with van der Waals surface area (Å²) in [6.45, 7) is 8.95. The molecule has 0 aliphatic heterocycles. The zero-order valence-electron chi connectivity index (χ0n) is 20.7. The van der Waals surface area contributed by atoms with E-state index in [1.54, 1.807) is 24.5 Å². The molecule has 0 heterocycles. The first-order valence-electron chi connectivity index (χ1n) is 13.1. The number of fused-ring (bicyclic) bond motifs is 5. The van der Waals surface area contributed by atoms with Crippen LogP contribution < -0.4 is 0 Å². The summed E-state index contributed by atoms with van der Waals surface area (Å²) in [7, 11) is 0. The van der Waals surface area contributed by atoms with Gasteiger partial charge in [0.2, 0.25) is 0 Å². The molecule has 5 rings (SSSR count). The molecule has 33 heavy (non-hydrogen) atoms. The zero-order valence-corrected chi connectivity index (χ0v) is 21.5. The Morgan fingerprint density at radius 3 is 2.61 bits per heavy atom. The lowest BCUT2D eigenvalue weighted by molar-refractivity contribution is -0.148. The standard InChI is InChI=1S/C29H40O3S/c1-19(32-33-23-8-6-5-7-9-23)25-12-13-26-24-11-10-21-18-22(31-20(2)30)14-16-28(21,3)27(24)15-17-29(25,26)4/h5-10,19,22,24-27H,11-18H2,1-4H3/t19-,22?,24+,25-,26+,27+,28+,29-/m1/s1. The minimum Gasteiger partial charge on any atom is -0.462 e. The maximum absolute atomic E-state index is 11.5. The maximum Gasteiger partial charge on any atom is 0.302 e. The molecule has 8 atom stereocenters. The predicted octanol–water partition coefficient (Wildman–Crippen LogP) is 7.61. The number of benzene rings is 1. The second kappa shape index (κ2) is 9.07. The Kier molecular flexibility index (Phi) is 6.46. The lowest BCUT2D eigenvalue weighted by Crippen LogP contribution is -2.51. The average molecular weight is 469 g/mol. The molecular weight excluding hydrogens is 428 g/mol. The zero-order chi connectivity index (χ0) is 23.2. The van der Waals surface area contributed by atoms with Crippen molar-refractivity contribution in [3.05, 3.63) is 42.0 Å². The molecule has 4 aliphatic rings. The molecule has 1 aromatic rings. The molecular formula is C29H40O3S. The van der Waals surface area contributed by atoms with Crippen LogP contribution in [-0.4, -0.2) is 18.2 Å². The fraction of sp³-hybridized carbons (Fsp3) is 0.690. The number of ether oxygens (including phenoxy) is 1. The highest BCUT2D eigenvalue weighted by atomic mass is 32.2. The Morgan fingerprint density at radius 1 is 1.06 bits per heavy atom. The van der Waals surface area contributed by atoms with E-state index in [2.05, 4.69) is 57.2 Å². The van der Waals surface area contributed by atoms with Gasteiger partial charge in [0, 0.05) is 30.3 Å². The summed E-state index contributed by atoms with van der Waals surface area (Å²) < 4.78 is 12.0. The number of hydrogen-bond donors (Lipinski definition) is 0. The fourth-order valence-electron chi connectivity index (χ4n) is 8.45. The van der Waals surface area contributed by atoms with Crippen molar-refractivity contribution < 1.29 is 13.7 Å². The van der Waals surface area contributed by atoms with Crippen molar-refractivity contribution in [2.75, 3.05) is 0 Å². The van der Waals surface area contributed by atoms with Gasteiger partial charge in [0.1, 0.15) is 6.10 Å². The molecule has 3 nitrogen and oxygen atoms in total. The molecule has 1 aromatic carbocycles. The molecule has 3 saturated carbocycles. The number of esters is 1. The summed E-state index contributed by atoms with van der Waals surface area (Å²) in [6.07, 6.45) is 12.6. The minimum absolute atomic E-state index is 0.0863. The first-order chi connectivity index (χ1) is 15.8.